The zero-order valence-corrected chi connectivity index (χ0v) is 26.2. The van der Waals surface area contributed by atoms with Crippen molar-refractivity contribution in [2.75, 3.05) is 0 Å². The molecule has 0 aromatic heterocycles. The van der Waals surface area contributed by atoms with E-state index < -0.39 is 22.3 Å². The Bertz CT molecular complexity index is 1100. The van der Waals surface area contributed by atoms with Gasteiger partial charge in [0.1, 0.15) is 0 Å². The lowest BCUT2D eigenvalue weighted by Gasteiger charge is -2.62. The molecule has 5 heteroatoms. The number of aliphatic hydroxyl groups excluding tert-OH is 1. The number of fused-ring (bicyclic) bond motifs is 5. The van der Waals surface area contributed by atoms with Crippen LogP contribution in [0.3, 0.4) is 0 Å². The van der Waals surface area contributed by atoms with Crippen LogP contribution in [0.25, 0.3) is 0 Å². The van der Waals surface area contributed by atoms with Crippen LogP contribution in [-0.4, -0.2) is 25.7 Å². The van der Waals surface area contributed by atoms with E-state index in [2.05, 4.69) is 34.6 Å². The van der Waals surface area contributed by atoms with Gasteiger partial charge < -0.3 is 5.11 Å². The maximum atomic E-state index is 13.0. The zero-order chi connectivity index (χ0) is 28.2. The maximum Gasteiger partial charge on any atom is 0.297 e. The molecule has 0 radical (unpaired) electrons. The van der Waals surface area contributed by atoms with Crippen molar-refractivity contribution in [3.8, 4) is 0 Å². The van der Waals surface area contributed by atoms with Gasteiger partial charge in [-0.1, -0.05) is 71.6 Å². The van der Waals surface area contributed by atoms with Gasteiger partial charge in [0.05, 0.1) is 17.1 Å². The summed E-state index contributed by atoms with van der Waals surface area (Å²) in [4.78, 5) is 0.209. The molecule has 0 amide bonds. The second kappa shape index (κ2) is 11.1. The quantitative estimate of drug-likeness (QED) is 0.327. The Morgan fingerprint density at radius 2 is 1.67 bits per heavy atom. The molecule has 1 aromatic rings. The molecule has 4 aliphatic carbocycles. The summed E-state index contributed by atoms with van der Waals surface area (Å²) in [6.45, 7) is 14.1. The van der Waals surface area contributed by atoms with Gasteiger partial charge in [-0.3, -0.25) is 4.18 Å². The van der Waals surface area contributed by atoms with Crippen LogP contribution in [0.5, 0.6) is 0 Å². The highest BCUT2D eigenvalue weighted by Crippen LogP contribution is 2.68. The number of benzene rings is 1. The van der Waals surface area contributed by atoms with E-state index in [1.54, 1.807) is 24.3 Å². The lowest BCUT2D eigenvalue weighted by molar-refractivity contribution is -0.179. The predicted molar refractivity (Wildman–Crippen MR) is 158 cm³/mol. The fraction of sp³-hybridized carbons (Fsp3) is 0.824. The van der Waals surface area contributed by atoms with Gasteiger partial charge in [0, 0.05) is 6.42 Å². The molecule has 4 fully saturated rings. The summed E-state index contributed by atoms with van der Waals surface area (Å²) < 4.78 is 31.8. The lowest BCUT2D eigenvalue weighted by Crippen LogP contribution is -2.59. The Morgan fingerprint density at radius 3 is 2.36 bits per heavy atom. The summed E-state index contributed by atoms with van der Waals surface area (Å²) in [5.74, 6) is 4.75. The van der Waals surface area contributed by atoms with Crippen molar-refractivity contribution < 1.29 is 17.7 Å². The normalized spacial score (nSPS) is 41.1. The third kappa shape index (κ3) is 5.39. The number of aliphatic hydroxyl groups is 1. The number of hydrogen-bond acceptors (Lipinski definition) is 4. The van der Waals surface area contributed by atoms with Gasteiger partial charge in [0.15, 0.2) is 0 Å². The minimum atomic E-state index is -3.84. The molecular formula is C34H54O4S. The Kier molecular flexibility index (Phi) is 8.39. The minimum absolute atomic E-state index is 0.140. The summed E-state index contributed by atoms with van der Waals surface area (Å²) in [6.07, 6.45) is 11.8. The highest BCUT2D eigenvalue weighted by molar-refractivity contribution is 7.86. The molecule has 0 spiro atoms. The first-order valence-electron chi connectivity index (χ1n) is 16.0. The van der Waals surface area contributed by atoms with Gasteiger partial charge in [-0.25, -0.2) is 0 Å². The van der Waals surface area contributed by atoms with E-state index in [-0.39, 0.29) is 10.3 Å². The molecule has 4 nitrogen and oxygen atoms in total. The molecular weight excluding hydrogens is 504 g/mol. The van der Waals surface area contributed by atoms with Gasteiger partial charge in [-0.2, -0.15) is 8.42 Å². The van der Waals surface area contributed by atoms with Crippen LogP contribution in [-0.2, 0) is 14.3 Å². The first-order valence-corrected chi connectivity index (χ1v) is 17.4. The average molecular weight is 559 g/mol. The number of rotatable bonds is 8. The molecule has 0 unspecified atom stereocenters. The van der Waals surface area contributed by atoms with E-state index >= 15 is 0 Å². The third-order valence-electron chi connectivity index (χ3n) is 12.5. The highest BCUT2D eigenvalue weighted by Gasteiger charge is 2.62. The van der Waals surface area contributed by atoms with Crippen LogP contribution in [0, 0.1) is 59.2 Å². The summed E-state index contributed by atoms with van der Waals surface area (Å²) in [5.41, 5.74) is 1.32. The molecule has 1 aromatic carbocycles. The molecule has 0 bridgehead atoms. The van der Waals surface area contributed by atoms with Crippen molar-refractivity contribution >= 4 is 10.1 Å². The zero-order valence-electron chi connectivity index (χ0n) is 25.4. The highest BCUT2D eigenvalue weighted by atomic mass is 32.2. The fourth-order valence-electron chi connectivity index (χ4n) is 10.3. The molecule has 0 saturated heterocycles. The van der Waals surface area contributed by atoms with E-state index in [0.717, 1.165) is 42.1 Å². The van der Waals surface area contributed by atoms with Gasteiger partial charge in [-0.15, -0.1) is 0 Å². The predicted octanol–water partition coefficient (Wildman–Crippen LogP) is 8.16. The standard InChI is InChI=1S/C34H54O4S/c1-22(2)8-7-9-24(4)29-16-17-30-28-15-12-25-20-26(38-39(36,37)27-13-10-23(3)11-14-27)21-32(35)34(25,6)31(28)18-19-33(29,30)5/h10-11,13-14,22,24-26,28-32,35H,7-9,12,15-21H2,1-6H3/t24-,25+,26+,28+,29+,30-,31-,32+,33+,34+/m1/s1. The van der Waals surface area contributed by atoms with Crippen LogP contribution < -0.4 is 0 Å². The number of aryl methyl sites for hydroxylation is 1. The molecule has 0 aliphatic heterocycles. The fourth-order valence-corrected chi connectivity index (χ4v) is 11.4. The third-order valence-corrected chi connectivity index (χ3v) is 13.9. The van der Waals surface area contributed by atoms with Crippen LogP contribution >= 0.6 is 0 Å². The smallest absolute Gasteiger partial charge is 0.297 e. The summed E-state index contributed by atoms with van der Waals surface area (Å²) >= 11 is 0. The molecule has 5 rings (SSSR count). The maximum absolute atomic E-state index is 13.0. The van der Waals surface area contributed by atoms with E-state index in [9.17, 15) is 13.5 Å². The molecule has 1 N–H and O–H groups in total. The summed E-state index contributed by atoms with van der Waals surface area (Å²) in [5, 5.41) is 11.7. The van der Waals surface area contributed by atoms with Crippen molar-refractivity contribution in [2.45, 2.75) is 129 Å². The lowest BCUT2D eigenvalue weighted by atomic mass is 9.43. The van der Waals surface area contributed by atoms with Crippen molar-refractivity contribution in [2.24, 2.45) is 52.3 Å². The molecule has 220 valence electrons. The van der Waals surface area contributed by atoms with E-state index in [1.807, 2.05) is 6.92 Å². The Morgan fingerprint density at radius 1 is 0.949 bits per heavy atom. The minimum Gasteiger partial charge on any atom is -0.392 e. The molecule has 4 saturated carbocycles. The van der Waals surface area contributed by atoms with E-state index in [1.165, 1.54) is 51.4 Å². The summed E-state index contributed by atoms with van der Waals surface area (Å²) in [7, 11) is -3.84. The Balaban J connectivity index is 1.27. The van der Waals surface area contributed by atoms with Crippen molar-refractivity contribution in [1.82, 2.24) is 0 Å². The van der Waals surface area contributed by atoms with Crippen molar-refractivity contribution in [3.05, 3.63) is 29.8 Å². The second-order valence-corrected chi connectivity index (χ2v) is 16.6. The van der Waals surface area contributed by atoms with Crippen molar-refractivity contribution in [1.29, 1.82) is 0 Å². The van der Waals surface area contributed by atoms with E-state index in [4.69, 9.17) is 4.18 Å². The monoisotopic (exact) mass is 558 g/mol. The molecule has 39 heavy (non-hydrogen) atoms. The van der Waals surface area contributed by atoms with Crippen LogP contribution in [0.15, 0.2) is 29.2 Å². The number of hydrogen-bond donors (Lipinski definition) is 1. The average Bonchev–Trinajstić information content (AvgIpc) is 3.22. The second-order valence-electron chi connectivity index (χ2n) is 15.0. The Labute approximate surface area is 238 Å². The first kappa shape index (κ1) is 29.6. The largest absolute Gasteiger partial charge is 0.392 e. The van der Waals surface area contributed by atoms with Gasteiger partial charge >= 0.3 is 0 Å². The van der Waals surface area contributed by atoms with Crippen LogP contribution in [0.1, 0.15) is 111 Å². The first-order chi connectivity index (χ1) is 18.4. The van der Waals surface area contributed by atoms with Gasteiger partial charge in [-0.05, 0) is 116 Å². The van der Waals surface area contributed by atoms with Gasteiger partial charge in [0.25, 0.3) is 10.1 Å². The Hall–Kier alpha value is -0.910. The van der Waals surface area contributed by atoms with Crippen molar-refractivity contribution in [3.63, 3.8) is 0 Å². The van der Waals surface area contributed by atoms with Crippen LogP contribution in [0.2, 0.25) is 0 Å². The molecule has 4 aliphatic rings. The summed E-state index contributed by atoms with van der Waals surface area (Å²) in [6, 6.07) is 6.86. The molecule has 10 atom stereocenters. The van der Waals surface area contributed by atoms with E-state index in [0.29, 0.717) is 29.6 Å². The molecule has 0 heterocycles. The topological polar surface area (TPSA) is 63.6 Å². The van der Waals surface area contributed by atoms with Crippen LogP contribution in [0.4, 0.5) is 0 Å². The van der Waals surface area contributed by atoms with Gasteiger partial charge in [0.2, 0.25) is 0 Å². The SMILES string of the molecule is Cc1ccc(S(=O)(=O)O[C@H]2C[C@@H]3CC[C@H]4[C@H]5CC[C@@H]([C@H](C)CCCC(C)C)[C@]5(C)CC[C@H]4[C@@]3(C)[C@@H](O)C2)cc1.